The lowest BCUT2D eigenvalue weighted by Crippen LogP contribution is -2.47. The molecule has 0 saturated carbocycles. The first-order valence-corrected chi connectivity index (χ1v) is 9.59. The van der Waals surface area contributed by atoms with E-state index in [0.717, 1.165) is 25.2 Å². The number of morpholine rings is 1. The molecule has 148 valence electrons. The highest BCUT2D eigenvalue weighted by atomic mass is 16.5. The monoisotopic (exact) mass is 381 g/mol. The average Bonchev–Trinajstić information content (AvgIpc) is 2.72. The van der Waals surface area contributed by atoms with E-state index in [-0.39, 0.29) is 17.9 Å². The maximum absolute atomic E-state index is 12.4. The summed E-state index contributed by atoms with van der Waals surface area (Å²) in [4.78, 5) is 25.7. The summed E-state index contributed by atoms with van der Waals surface area (Å²) in [5.74, 6) is -0.189. The lowest BCUT2D eigenvalue weighted by atomic mass is 10.1. The first-order chi connectivity index (χ1) is 13.6. The Morgan fingerprint density at radius 2 is 1.79 bits per heavy atom. The lowest BCUT2D eigenvalue weighted by molar-refractivity contribution is -0.119. The van der Waals surface area contributed by atoms with Crippen LogP contribution in [0, 0.1) is 0 Å². The number of rotatable bonds is 7. The van der Waals surface area contributed by atoms with Gasteiger partial charge in [-0.05, 0) is 23.3 Å². The first kappa shape index (κ1) is 20.0. The number of benzene rings is 2. The van der Waals surface area contributed by atoms with Crippen molar-refractivity contribution in [2.45, 2.75) is 26.1 Å². The molecule has 2 aromatic carbocycles. The van der Waals surface area contributed by atoms with E-state index in [4.69, 9.17) is 4.74 Å². The summed E-state index contributed by atoms with van der Waals surface area (Å²) in [6.45, 7) is 5.69. The van der Waals surface area contributed by atoms with E-state index in [1.807, 2.05) is 18.2 Å². The van der Waals surface area contributed by atoms with Crippen molar-refractivity contribution in [3.8, 4) is 0 Å². The Balaban J connectivity index is 1.45. The molecule has 2 aromatic rings. The molecule has 1 saturated heterocycles. The molecule has 0 aromatic heterocycles. The second-order valence-corrected chi connectivity index (χ2v) is 7.03. The Kier molecular flexibility index (Phi) is 7.17. The van der Waals surface area contributed by atoms with Crippen LogP contribution in [-0.4, -0.2) is 49.1 Å². The highest BCUT2D eigenvalue weighted by Gasteiger charge is 2.21. The van der Waals surface area contributed by atoms with Crippen LogP contribution >= 0.6 is 0 Å². The number of nitrogens with one attached hydrogen (secondary N) is 2. The number of hydrogen-bond donors (Lipinski definition) is 2. The van der Waals surface area contributed by atoms with Gasteiger partial charge in [0.2, 0.25) is 5.91 Å². The Morgan fingerprint density at radius 3 is 2.50 bits per heavy atom. The third kappa shape index (κ3) is 6.18. The van der Waals surface area contributed by atoms with E-state index < -0.39 is 0 Å². The fourth-order valence-electron chi connectivity index (χ4n) is 3.20. The average molecular weight is 381 g/mol. The van der Waals surface area contributed by atoms with Crippen LogP contribution in [-0.2, 0) is 22.6 Å². The van der Waals surface area contributed by atoms with Crippen LogP contribution in [0.5, 0.6) is 0 Å². The standard InChI is InChI=1S/C22H27N3O3/c1-17(26)23-13-18-7-9-20(10-8-18)22(27)24-14-21-16-25(11-12-28-21)15-19-5-3-2-4-6-19/h2-10,21H,11-16H2,1H3,(H,23,26)(H,24,27). The zero-order valence-corrected chi connectivity index (χ0v) is 16.2. The van der Waals surface area contributed by atoms with E-state index in [2.05, 4.69) is 39.8 Å². The molecule has 0 aliphatic carbocycles. The number of nitrogens with zero attached hydrogens (tertiary/aromatic N) is 1. The van der Waals surface area contributed by atoms with Gasteiger partial charge in [0.05, 0.1) is 12.7 Å². The zero-order chi connectivity index (χ0) is 19.8. The van der Waals surface area contributed by atoms with Gasteiger partial charge in [-0.2, -0.15) is 0 Å². The summed E-state index contributed by atoms with van der Waals surface area (Å²) in [6, 6.07) is 17.6. The summed E-state index contributed by atoms with van der Waals surface area (Å²) in [5, 5.41) is 5.70. The first-order valence-electron chi connectivity index (χ1n) is 9.59. The lowest BCUT2D eigenvalue weighted by Gasteiger charge is -2.33. The number of carbonyl (C=O) groups excluding carboxylic acids is 2. The number of hydrogen-bond acceptors (Lipinski definition) is 4. The Labute approximate surface area is 165 Å². The van der Waals surface area contributed by atoms with Crippen LogP contribution < -0.4 is 10.6 Å². The molecule has 2 amide bonds. The normalized spacial score (nSPS) is 17.1. The van der Waals surface area contributed by atoms with Gasteiger partial charge >= 0.3 is 0 Å². The molecule has 28 heavy (non-hydrogen) atoms. The van der Waals surface area contributed by atoms with Crippen molar-refractivity contribution in [1.82, 2.24) is 15.5 Å². The van der Waals surface area contributed by atoms with Gasteiger partial charge in [-0.1, -0.05) is 42.5 Å². The van der Waals surface area contributed by atoms with E-state index in [0.29, 0.717) is 25.3 Å². The molecule has 2 N–H and O–H groups in total. The van der Waals surface area contributed by atoms with E-state index in [1.54, 1.807) is 12.1 Å². The predicted molar refractivity (Wildman–Crippen MR) is 108 cm³/mol. The minimum absolute atomic E-state index is 0.0135. The zero-order valence-electron chi connectivity index (χ0n) is 16.2. The quantitative estimate of drug-likeness (QED) is 0.769. The molecule has 1 unspecified atom stereocenters. The summed E-state index contributed by atoms with van der Waals surface area (Å²) < 4.78 is 5.81. The third-order valence-electron chi connectivity index (χ3n) is 4.72. The van der Waals surface area contributed by atoms with Gasteiger partial charge in [-0.15, -0.1) is 0 Å². The van der Waals surface area contributed by atoms with Crippen molar-refractivity contribution >= 4 is 11.8 Å². The van der Waals surface area contributed by atoms with Crippen molar-refractivity contribution in [3.05, 3.63) is 71.3 Å². The minimum atomic E-state index is -0.116. The summed E-state index contributed by atoms with van der Waals surface area (Å²) >= 11 is 0. The smallest absolute Gasteiger partial charge is 0.251 e. The molecule has 0 radical (unpaired) electrons. The molecule has 6 heteroatoms. The fraction of sp³-hybridized carbons (Fsp3) is 0.364. The number of amides is 2. The van der Waals surface area contributed by atoms with Crippen molar-refractivity contribution in [2.24, 2.45) is 0 Å². The van der Waals surface area contributed by atoms with E-state index >= 15 is 0 Å². The second kappa shape index (κ2) is 10.0. The Hall–Kier alpha value is -2.70. The maximum atomic E-state index is 12.4. The largest absolute Gasteiger partial charge is 0.374 e. The van der Waals surface area contributed by atoms with Gasteiger partial charge < -0.3 is 15.4 Å². The van der Waals surface area contributed by atoms with Crippen LogP contribution in [0.3, 0.4) is 0 Å². The molecule has 1 heterocycles. The van der Waals surface area contributed by atoms with Gasteiger partial charge in [-0.3, -0.25) is 14.5 Å². The van der Waals surface area contributed by atoms with Crippen LogP contribution in [0.4, 0.5) is 0 Å². The Bertz CT molecular complexity index is 777. The molecule has 6 nitrogen and oxygen atoms in total. The molecule has 1 fully saturated rings. The topological polar surface area (TPSA) is 70.7 Å². The van der Waals surface area contributed by atoms with Crippen molar-refractivity contribution in [3.63, 3.8) is 0 Å². The number of carbonyl (C=O) groups is 2. The van der Waals surface area contributed by atoms with E-state index in [1.165, 1.54) is 12.5 Å². The molecule has 1 atom stereocenters. The molecule has 0 spiro atoms. The predicted octanol–water partition coefficient (Wildman–Crippen LogP) is 1.95. The summed E-state index contributed by atoms with van der Waals surface area (Å²) in [5.41, 5.74) is 2.84. The van der Waals surface area contributed by atoms with Gasteiger partial charge in [-0.25, -0.2) is 0 Å². The fourth-order valence-corrected chi connectivity index (χ4v) is 3.20. The van der Waals surface area contributed by atoms with Gasteiger partial charge in [0, 0.05) is 45.2 Å². The van der Waals surface area contributed by atoms with Crippen molar-refractivity contribution in [2.75, 3.05) is 26.2 Å². The highest BCUT2D eigenvalue weighted by Crippen LogP contribution is 2.10. The van der Waals surface area contributed by atoms with Crippen molar-refractivity contribution < 1.29 is 14.3 Å². The SMILES string of the molecule is CC(=O)NCc1ccc(C(=O)NCC2CN(Cc3ccccc3)CCO2)cc1. The minimum Gasteiger partial charge on any atom is -0.374 e. The molecular formula is C22H27N3O3. The second-order valence-electron chi connectivity index (χ2n) is 7.03. The van der Waals surface area contributed by atoms with Crippen molar-refractivity contribution in [1.29, 1.82) is 0 Å². The third-order valence-corrected chi connectivity index (χ3v) is 4.72. The van der Waals surface area contributed by atoms with E-state index in [9.17, 15) is 9.59 Å². The van der Waals surface area contributed by atoms with Gasteiger partial charge in [0.1, 0.15) is 0 Å². The van der Waals surface area contributed by atoms with Gasteiger partial charge in [0.15, 0.2) is 0 Å². The number of ether oxygens (including phenoxy) is 1. The van der Waals surface area contributed by atoms with Gasteiger partial charge in [0.25, 0.3) is 5.91 Å². The highest BCUT2D eigenvalue weighted by molar-refractivity contribution is 5.94. The molecule has 1 aliphatic heterocycles. The molecular weight excluding hydrogens is 354 g/mol. The Morgan fingerprint density at radius 1 is 1.04 bits per heavy atom. The van der Waals surface area contributed by atoms with Crippen LogP contribution in [0.15, 0.2) is 54.6 Å². The molecule has 1 aliphatic rings. The molecule has 3 rings (SSSR count). The molecule has 0 bridgehead atoms. The maximum Gasteiger partial charge on any atom is 0.251 e. The van der Waals surface area contributed by atoms with Crippen LogP contribution in [0.2, 0.25) is 0 Å². The summed E-state index contributed by atoms with van der Waals surface area (Å²) in [6.07, 6.45) is -0.0135. The van der Waals surface area contributed by atoms with Crippen LogP contribution in [0.1, 0.15) is 28.4 Å². The van der Waals surface area contributed by atoms with Crippen LogP contribution in [0.25, 0.3) is 0 Å². The summed E-state index contributed by atoms with van der Waals surface area (Å²) in [7, 11) is 0.